The Morgan fingerprint density at radius 2 is 2.05 bits per heavy atom. The number of pyridine rings is 1. The van der Waals surface area contributed by atoms with Crippen molar-refractivity contribution in [1.29, 1.82) is 0 Å². The molecule has 1 aliphatic rings. The van der Waals surface area contributed by atoms with Crippen molar-refractivity contribution in [3.05, 3.63) is 42.1 Å². The molecule has 1 aromatic carbocycles. The summed E-state index contributed by atoms with van der Waals surface area (Å²) in [7, 11) is 0. The van der Waals surface area contributed by atoms with Gasteiger partial charge in [0.05, 0.1) is 5.52 Å². The van der Waals surface area contributed by atoms with Crippen LogP contribution in [0.5, 0.6) is 0 Å². The SMILES string of the molecule is NC(=O)C1CCC(NCc2ccc3ncccc3c2)CC1. The van der Waals surface area contributed by atoms with E-state index in [-0.39, 0.29) is 11.8 Å². The Bertz CT molecular complexity index is 633. The van der Waals surface area contributed by atoms with Crippen LogP contribution in [0.15, 0.2) is 36.5 Å². The monoisotopic (exact) mass is 283 g/mol. The van der Waals surface area contributed by atoms with Crippen LogP contribution in [0.4, 0.5) is 0 Å². The van der Waals surface area contributed by atoms with E-state index in [4.69, 9.17) is 5.73 Å². The van der Waals surface area contributed by atoms with Gasteiger partial charge in [0.15, 0.2) is 0 Å². The van der Waals surface area contributed by atoms with Crippen LogP contribution in [0.1, 0.15) is 31.2 Å². The molecule has 1 amide bonds. The minimum absolute atomic E-state index is 0.0785. The number of nitrogens with zero attached hydrogens (tertiary/aromatic N) is 1. The van der Waals surface area contributed by atoms with Gasteiger partial charge < -0.3 is 11.1 Å². The molecule has 3 rings (SSSR count). The standard InChI is InChI=1S/C17H21N3O/c18-17(21)13-4-6-15(7-5-13)20-11-12-3-8-16-14(10-12)2-1-9-19-16/h1-3,8-10,13,15,20H,4-7,11H2,(H2,18,21). The molecule has 1 saturated carbocycles. The molecule has 0 saturated heterocycles. The number of carbonyl (C=O) groups excluding carboxylic acids is 1. The number of rotatable bonds is 4. The van der Waals surface area contributed by atoms with Crippen molar-refractivity contribution in [3.63, 3.8) is 0 Å². The minimum Gasteiger partial charge on any atom is -0.369 e. The van der Waals surface area contributed by atoms with Crippen LogP contribution in [0, 0.1) is 5.92 Å². The number of benzene rings is 1. The topological polar surface area (TPSA) is 68.0 Å². The Labute approximate surface area is 124 Å². The van der Waals surface area contributed by atoms with E-state index in [2.05, 4.69) is 34.6 Å². The summed E-state index contributed by atoms with van der Waals surface area (Å²) in [6, 6.07) is 10.9. The highest BCUT2D eigenvalue weighted by atomic mass is 16.1. The molecule has 0 aliphatic heterocycles. The van der Waals surface area contributed by atoms with Crippen molar-refractivity contribution in [2.24, 2.45) is 11.7 Å². The van der Waals surface area contributed by atoms with Crippen molar-refractivity contribution in [1.82, 2.24) is 10.3 Å². The van der Waals surface area contributed by atoms with Gasteiger partial charge in [0.2, 0.25) is 5.91 Å². The van der Waals surface area contributed by atoms with Crippen molar-refractivity contribution in [3.8, 4) is 0 Å². The lowest BCUT2D eigenvalue weighted by atomic mass is 9.85. The van der Waals surface area contributed by atoms with Gasteiger partial charge in [-0.2, -0.15) is 0 Å². The number of nitrogens with one attached hydrogen (secondary N) is 1. The average Bonchev–Trinajstić information content (AvgIpc) is 2.53. The zero-order chi connectivity index (χ0) is 14.7. The van der Waals surface area contributed by atoms with Gasteiger partial charge in [0, 0.05) is 30.1 Å². The molecule has 2 aromatic rings. The maximum atomic E-state index is 11.2. The number of carbonyl (C=O) groups is 1. The van der Waals surface area contributed by atoms with E-state index >= 15 is 0 Å². The van der Waals surface area contributed by atoms with Gasteiger partial charge in [-0.15, -0.1) is 0 Å². The third-order valence-electron chi connectivity index (χ3n) is 4.39. The van der Waals surface area contributed by atoms with Crippen LogP contribution in [0.3, 0.4) is 0 Å². The molecule has 0 bridgehead atoms. The summed E-state index contributed by atoms with van der Waals surface area (Å²) in [5.41, 5.74) is 7.67. The van der Waals surface area contributed by atoms with Crippen LogP contribution >= 0.6 is 0 Å². The Balaban J connectivity index is 1.56. The average molecular weight is 283 g/mol. The number of aromatic nitrogens is 1. The second-order valence-electron chi connectivity index (χ2n) is 5.86. The molecule has 110 valence electrons. The highest BCUT2D eigenvalue weighted by Gasteiger charge is 2.24. The molecule has 4 nitrogen and oxygen atoms in total. The molecule has 1 aromatic heterocycles. The molecule has 4 heteroatoms. The number of nitrogens with two attached hydrogens (primary N) is 1. The Kier molecular flexibility index (Phi) is 4.15. The molecule has 3 N–H and O–H groups in total. The van der Waals surface area contributed by atoms with Crippen molar-refractivity contribution < 1.29 is 4.79 Å². The fraction of sp³-hybridized carbons (Fsp3) is 0.412. The normalized spacial score (nSPS) is 22.3. The van der Waals surface area contributed by atoms with Gasteiger partial charge in [0.1, 0.15) is 0 Å². The quantitative estimate of drug-likeness (QED) is 0.905. The van der Waals surface area contributed by atoms with Crippen LogP contribution in [0.25, 0.3) is 10.9 Å². The Morgan fingerprint density at radius 1 is 1.24 bits per heavy atom. The summed E-state index contributed by atoms with van der Waals surface area (Å²) in [4.78, 5) is 15.5. The molecule has 0 unspecified atom stereocenters. The van der Waals surface area contributed by atoms with Crippen LogP contribution in [0.2, 0.25) is 0 Å². The zero-order valence-corrected chi connectivity index (χ0v) is 12.1. The lowest BCUT2D eigenvalue weighted by Crippen LogP contribution is -2.36. The first-order chi connectivity index (χ1) is 10.2. The first kappa shape index (κ1) is 14.0. The van der Waals surface area contributed by atoms with Gasteiger partial charge in [-0.05, 0) is 49.4 Å². The smallest absolute Gasteiger partial charge is 0.220 e. The molecule has 21 heavy (non-hydrogen) atoms. The van der Waals surface area contributed by atoms with E-state index in [1.807, 2.05) is 12.3 Å². The summed E-state index contributed by atoms with van der Waals surface area (Å²) in [5.74, 6) is -0.0646. The first-order valence-electron chi connectivity index (χ1n) is 7.59. The minimum atomic E-state index is -0.143. The van der Waals surface area contributed by atoms with E-state index in [0.717, 1.165) is 37.7 Å². The number of primary amides is 1. The maximum absolute atomic E-state index is 11.2. The van der Waals surface area contributed by atoms with Crippen molar-refractivity contribution >= 4 is 16.8 Å². The third kappa shape index (κ3) is 3.39. The molecular weight excluding hydrogens is 262 g/mol. The van der Waals surface area contributed by atoms with Gasteiger partial charge >= 0.3 is 0 Å². The Morgan fingerprint density at radius 3 is 2.81 bits per heavy atom. The maximum Gasteiger partial charge on any atom is 0.220 e. The second-order valence-corrected chi connectivity index (χ2v) is 5.86. The first-order valence-corrected chi connectivity index (χ1v) is 7.59. The summed E-state index contributed by atoms with van der Waals surface area (Å²) in [6.07, 6.45) is 5.70. The van der Waals surface area contributed by atoms with Crippen LogP contribution in [-0.4, -0.2) is 16.9 Å². The van der Waals surface area contributed by atoms with Crippen LogP contribution in [-0.2, 0) is 11.3 Å². The summed E-state index contributed by atoms with van der Waals surface area (Å²) >= 11 is 0. The van der Waals surface area contributed by atoms with Gasteiger partial charge in [-0.1, -0.05) is 12.1 Å². The molecule has 0 spiro atoms. The van der Waals surface area contributed by atoms with Gasteiger partial charge in [0.25, 0.3) is 0 Å². The van der Waals surface area contributed by atoms with E-state index in [0.29, 0.717) is 6.04 Å². The number of hydrogen-bond donors (Lipinski definition) is 2. The van der Waals surface area contributed by atoms with Crippen LogP contribution < -0.4 is 11.1 Å². The zero-order valence-electron chi connectivity index (χ0n) is 12.1. The molecule has 1 aliphatic carbocycles. The van der Waals surface area contributed by atoms with E-state index in [1.54, 1.807) is 0 Å². The molecule has 1 heterocycles. The van der Waals surface area contributed by atoms with Crippen molar-refractivity contribution in [2.75, 3.05) is 0 Å². The molecular formula is C17H21N3O. The lowest BCUT2D eigenvalue weighted by Gasteiger charge is -2.27. The highest BCUT2D eigenvalue weighted by Crippen LogP contribution is 2.24. The van der Waals surface area contributed by atoms with E-state index in [9.17, 15) is 4.79 Å². The second kappa shape index (κ2) is 6.22. The fourth-order valence-electron chi connectivity index (χ4n) is 3.08. The van der Waals surface area contributed by atoms with Gasteiger partial charge in [-0.3, -0.25) is 9.78 Å². The van der Waals surface area contributed by atoms with E-state index in [1.165, 1.54) is 10.9 Å². The molecule has 0 atom stereocenters. The summed E-state index contributed by atoms with van der Waals surface area (Å²) in [5, 5.41) is 4.76. The largest absolute Gasteiger partial charge is 0.369 e. The lowest BCUT2D eigenvalue weighted by molar-refractivity contribution is -0.122. The predicted molar refractivity (Wildman–Crippen MR) is 83.5 cm³/mol. The number of hydrogen-bond acceptors (Lipinski definition) is 3. The van der Waals surface area contributed by atoms with E-state index < -0.39 is 0 Å². The number of fused-ring (bicyclic) bond motifs is 1. The highest BCUT2D eigenvalue weighted by molar-refractivity contribution is 5.78. The number of amides is 1. The molecule has 1 fully saturated rings. The summed E-state index contributed by atoms with van der Waals surface area (Å²) in [6.45, 7) is 0.858. The summed E-state index contributed by atoms with van der Waals surface area (Å²) < 4.78 is 0. The third-order valence-corrected chi connectivity index (χ3v) is 4.39. The molecule has 0 radical (unpaired) electrons. The van der Waals surface area contributed by atoms with Gasteiger partial charge in [-0.25, -0.2) is 0 Å². The Hall–Kier alpha value is -1.94. The predicted octanol–water partition coefficient (Wildman–Crippen LogP) is 2.37. The van der Waals surface area contributed by atoms with Crippen molar-refractivity contribution in [2.45, 2.75) is 38.3 Å². The fourth-order valence-corrected chi connectivity index (χ4v) is 3.08.